The van der Waals surface area contributed by atoms with E-state index in [9.17, 15) is 4.79 Å². The van der Waals surface area contributed by atoms with Crippen molar-refractivity contribution in [2.45, 2.75) is 13.3 Å². The first-order valence-corrected chi connectivity index (χ1v) is 6.57. The maximum absolute atomic E-state index is 12.1. The number of nitrogens with one attached hydrogen (secondary N) is 2. The van der Waals surface area contributed by atoms with Crippen molar-refractivity contribution in [1.29, 1.82) is 0 Å². The summed E-state index contributed by atoms with van der Waals surface area (Å²) in [6.07, 6.45) is 0.500. The van der Waals surface area contributed by atoms with Crippen molar-refractivity contribution in [3.05, 3.63) is 41.7 Å². The number of hydrogen-bond acceptors (Lipinski definition) is 5. The van der Waals surface area contributed by atoms with Gasteiger partial charge in [-0.15, -0.1) is 0 Å². The first kappa shape index (κ1) is 13.2. The second kappa shape index (κ2) is 5.28. The molecule has 0 saturated heterocycles. The highest BCUT2D eigenvalue weighted by atomic mass is 16.5. The molecule has 2 aromatic heterocycles. The molecule has 7 heteroatoms. The number of aryl methyl sites for hydroxylation is 1. The molecule has 0 fully saturated rings. The number of H-pyrrole nitrogens is 1. The minimum atomic E-state index is -0.180. The Morgan fingerprint density at radius 1 is 1.43 bits per heavy atom. The number of nitrogen functional groups attached to an aromatic ring is 1. The molecule has 0 bridgehead atoms. The monoisotopic (exact) mass is 285 g/mol. The molecule has 0 unspecified atom stereocenters. The number of hydrogen-bond donors (Lipinski definition) is 3. The van der Waals surface area contributed by atoms with E-state index in [0.29, 0.717) is 36.1 Å². The van der Waals surface area contributed by atoms with E-state index < -0.39 is 0 Å². The van der Waals surface area contributed by atoms with Crippen LogP contribution in [-0.2, 0) is 6.42 Å². The summed E-state index contributed by atoms with van der Waals surface area (Å²) in [5.74, 6) is 0.919. The molecule has 3 aromatic rings. The Kier molecular flexibility index (Phi) is 3.31. The van der Waals surface area contributed by atoms with Crippen LogP contribution < -0.4 is 11.1 Å². The highest BCUT2D eigenvalue weighted by Crippen LogP contribution is 2.18. The summed E-state index contributed by atoms with van der Waals surface area (Å²) in [6, 6.07) is 7.24. The van der Waals surface area contributed by atoms with Crippen molar-refractivity contribution < 1.29 is 9.32 Å². The van der Waals surface area contributed by atoms with Crippen molar-refractivity contribution in [2.75, 3.05) is 12.3 Å². The van der Waals surface area contributed by atoms with Gasteiger partial charge >= 0.3 is 0 Å². The predicted octanol–water partition coefficient (Wildman–Crippen LogP) is 1.41. The lowest BCUT2D eigenvalue weighted by Crippen LogP contribution is -2.26. The Bertz CT molecular complexity index is 790. The summed E-state index contributed by atoms with van der Waals surface area (Å²) < 4.78 is 4.98. The number of amides is 1. The van der Waals surface area contributed by atoms with E-state index in [1.807, 2.05) is 12.1 Å². The van der Waals surface area contributed by atoms with Gasteiger partial charge in [0.2, 0.25) is 5.89 Å². The van der Waals surface area contributed by atoms with Crippen LogP contribution in [0.15, 0.2) is 28.8 Å². The number of carbonyl (C=O) groups excluding carboxylic acids is 1. The van der Waals surface area contributed by atoms with Crippen molar-refractivity contribution in [3.63, 3.8) is 0 Å². The van der Waals surface area contributed by atoms with E-state index in [0.717, 1.165) is 10.9 Å². The van der Waals surface area contributed by atoms with E-state index in [2.05, 4.69) is 20.4 Å². The van der Waals surface area contributed by atoms with Gasteiger partial charge in [-0.1, -0.05) is 5.16 Å². The lowest BCUT2D eigenvalue weighted by atomic mass is 10.2. The normalized spacial score (nSPS) is 10.9. The fourth-order valence-corrected chi connectivity index (χ4v) is 2.09. The second-order valence-electron chi connectivity index (χ2n) is 4.77. The van der Waals surface area contributed by atoms with Crippen LogP contribution in [0, 0.1) is 6.92 Å². The third-order valence-corrected chi connectivity index (χ3v) is 3.08. The fourth-order valence-electron chi connectivity index (χ4n) is 2.09. The highest BCUT2D eigenvalue weighted by Gasteiger charge is 2.10. The minimum Gasteiger partial charge on any atom is -0.399 e. The van der Waals surface area contributed by atoms with E-state index >= 15 is 0 Å². The molecule has 1 aromatic carbocycles. The Morgan fingerprint density at radius 2 is 2.29 bits per heavy atom. The highest BCUT2D eigenvalue weighted by molar-refractivity contribution is 5.98. The zero-order valence-electron chi connectivity index (χ0n) is 11.5. The lowest BCUT2D eigenvalue weighted by molar-refractivity contribution is 0.0949. The first-order chi connectivity index (χ1) is 10.1. The van der Waals surface area contributed by atoms with E-state index in [1.165, 1.54) is 0 Å². The molecule has 0 atom stereocenters. The van der Waals surface area contributed by atoms with E-state index in [4.69, 9.17) is 10.3 Å². The molecule has 2 heterocycles. The zero-order valence-corrected chi connectivity index (χ0v) is 11.5. The first-order valence-electron chi connectivity index (χ1n) is 6.57. The zero-order chi connectivity index (χ0) is 14.8. The van der Waals surface area contributed by atoms with Crippen LogP contribution >= 0.6 is 0 Å². The molecule has 0 aliphatic rings. The molecule has 21 heavy (non-hydrogen) atoms. The molecular formula is C14H15N5O2. The van der Waals surface area contributed by atoms with Gasteiger partial charge in [-0.2, -0.15) is 4.98 Å². The Balaban J connectivity index is 1.63. The average Bonchev–Trinajstić information content (AvgIpc) is 3.04. The van der Waals surface area contributed by atoms with Gasteiger partial charge in [0.1, 0.15) is 5.69 Å². The van der Waals surface area contributed by atoms with Gasteiger partial charge < -0.3 is 20.6 Å². The fraction of sp³-hybridized carbons (Fsp3) is 0.214. The minimum absolute atomic E-state index is 0.180. The molecule has 0 aliphatic heterocycles. The summed E-state index contributed by atoms with van der Waals surface area (Å²) in [5, 5.41) is 7.41. The van der Waals surface area contributed by atoms with Crippen molar-refractivity contribution in [3.8, 4) is 0 Å². The number of aromatic nitrogens is 3. The van der Waals surface area contributed by atoms with Crippen LogP contribution in [0.5, 0.6) is 0 Å². The number of benzene rings is 1. The Hall–Kier alpha value is -2.83. The molecule has 0 aliphatic carbocycles. The van der Waals surface area contributed by atoms with Gasteiger partial charge in [0, 0.05) is 29.6 Å². The number of aromatic amines is 1. The maximum atomic E-state index is 12.1. The van der Waals surface area contributed by atoms with Crippen LogP contribution in [0.4, 0.5) is 5.69 Å². The van der Waals surface area contributed by atoms with Crippen molar-refractivity contribution in [2.24, 2.45) is 0 Å². The second-order valence-corrected chi connectivity index (χ2v) is 4.77. The maximum Gasteiger partial charge on any atom is 0.267 e. The summed E-state index contributed by atoms with van der Waals surface area (Å²) in [5.41, 5.74) is 7.76. The van der Waals surface area contributed by atoms with Crippen LogP contribution in [0.1, 0.15) is 22.2 Å². The number of nitrogens with two attached hydrogens (primary N) is 1. The van der Waals surface area contributed by atoms with E-state index in [1.54, 1.807) is 19.1 Å². The SMILES string of the molecule is Cc1noc(CCNC(=O)c2cc3cc(N)ccc3[nH]2)n1. The van der Waals surface area contributed by atoms with Crippen LogP contribution in [0.2, 0.25) is 0 Å². The Labute approximate surface area is 120 Å². The summed E-state index contributed by atoms with van der Waals surface area (Å²) in [7, 11) is 0. The summed E-state index contributed by atoms with van der Waals surface area (Å²) in [4.78, 5) is 19.2. The van der Waals surface area contributed by atoms with E-state index in [-0.39, 0.29) is 5.91 Å². The lowest BCUT2D eigenvalue weighted by Gasteiger charge is -2.00. The Morgan fingerprint density at radius 3 is 3.05 bits per heavy atom. The summed E-state index contributed by atoms with van der Waals surface area (Å²) >= 11 is 0. The van der Waals surface area contributed by atoms with Crippen LogP contribution in [0.3, 0.4) is 0 Å². The molecule has 3 rings (SSSR count). The standard InChI is InChI=1S/C14H15N5O2/c1-8-17-13(21-19-8)4-5-16-14(20)12-7-9-6-10(15)2-3-11(9)18-12/h2-3,6-7,18H,4-5,15H2,1H3,(H,16,20). The van der Waals surface area contributed by atoms with Crippen molar-refractivity contribution >= 4 is 22.5 Å². The molecule has 0 saturated carbocycles. The van der Waals surface area contributed by atoms with Gasteiger partial charge in [0.15, 0.2) is 5.82 Å². The number of carbonyl (C=O) groups is 1. The topological polar surface area (TPSA) is 110 Å². The van der Waals surface area contributed by atoms with Gasteiger partial charge in [-0.25, -0.2) is 0 Å². The molecular weight excluding hydrogens is 270 g/mol. The van der Waals surface area contributed by atoms with Gasteiger partial charge in [0.05, 0.1) is 0 Å². The molecule has 0 spiro atoms. The van der Waals surface area contributed by atoms with Gasteiger partial charge in [-0.3, -0.25) is 4.79 Å². The average molecular weight is 285 g/mol. The molecule has 108 valence electrons. The molecule has 7 nitrogen and oxygen atoms in total. The van der Waals surface area contributed by atoms with Crippen LogP contribution in [-0.4, -0.2) is 27.6 Å². The quantitative estimate of drug-likeness (QED) is 0.628. The third kappa shape index (κ3) is 2.86. The van der Waals surface area contributed by atoms with Gasteiger partial charge in [-0.05, 0) is 31.2 Å². The largest absolute Gasteiger partial charge is 0.399 e. The smallest absolute Gasteiger partial charge is 0.267 e. The third-order valence-electron chi connectivity index (χ3n) is 3.08. The number of anilines is 1. The molecule has 1 amide bonds. The molecule has 0 radical (unpaired) electrons. The number of fused-ring (bicyclic) bond motifs is 1. The number of nitrogens with zero attached hydrogens (tertiary/aromatic N) is 2. The summed E-state index contributed by atoms with van der Waals surface area (Å²) in [6.45, 7) is 2.18. The van der Waals surface area contributed by atoms with Crippen molar-refractivity contribution in [1.82, 2.24) is 20.4 Å². The predicted molar refractivity (Wildman–Crippen MR) is 77.8 cm³/mol. The van der Waals surface area contributed by atoms with Crippen LogP contribution in [0.25, 0.3) is 10.9 Å². The van der Waals surface area contributed by atoms with Gasteiger partial charge in [0.25, 0.3) is 5.91 Å². The molecule has 4 N–H and O–H groups in total. The number of rotatable bonds is 4.